The minimum absolute atomic E-state index is 0.109. The first-order chi connectivity index (χ1) is 16.4. The summed E-state index contributed by atoms with van der Waals surface area (Å²) in [5, 5.41) is 6.26. The molecule has 0 spiro atoms. The molecule has 1 fully saturated rings. The van der Waals surface area contributed by atoms with Gasteiger partial charge in [-0.1, -0.05) is 12.1 Å². The zero-order chi connectivity index (χ0) is 24.1. The number of benzene rings is 2. The van der Waals surface area contributed by atoms with E-state index in [-0.39, 0.29) is 4.90 Å². The van der Waals surface area contributed by atoms with Crippen molar-refractivity contribution < 1.29 is 17.9 Å². The van der Waals surface area contributed by atoms with Crippen LogP contribution in [0.15, 0.2) is 58.0 Å². The molecule has 3 aromatic rings. The normalized spacial score (nSPS) is 14.0. The van der Waals surface area contributed by atoms with Crippen LogP contribution in [-0.2, 0) is 14.8 Å². The highest BCUT2D eigenvalue weighted by molar-refractivity contribution is 9.10. The van der Waals surface area contributed by atoms with Gasteiger partial charge in [-0.05, 0) is 47.2 Å². The number of methoxy groups -OCH3 is 1. The van der Waals surface area contributed by atoms with Crippen molar-refractivity contribution in [3.05, 3.63) is 53.1 Å². The van der Waals surface area contributed by atoms with Crippen molar-refractivity contribution in [1.82, 2.24) is 14.7 Å². The number of hydrogen-bond donors (Lipinski definition) is 3. The Morgan fingerprint density at radius 2 is 1.85 bits per heavy atom. The van der Waals surface area contributed by atoms with E-state index in [0.29, 0.717) is 46.6 Å². The van der Waals surface area contributed by atoms with Gasteiger partial charge in [0.05, 0.1) is 36.2 Å². The first kappa shape index (κ1) is 24.2. The Morgan fingerprint density at radius 3 is 2.59 bits per heavy atom. The molecule has 0 amide bonds. The van der Waals surface area contributed by atoms with Crippen LogP contribution in [0.4, 0.5) is 28.8 Å². The zero-order valence-electron chi connectivity index (χ0n) is 18.7. The molecule has 34 heavy (non-hydrogen) atoms. The summed E-state index contributed by atoms with van der Waals surface area (Å²) >= 11 is 3.43. The van der Waals surface area contributed by atoms with Crippen molar-refractivity contribution in [1.29, 1.82) is 0 Å². The van der Waals surface area contributed by atoms with Gasteiger partial charge in [-0.3, -0.25) is 0 Å². The van der Waals surface area contributed by atoms with Crippen LogP contribution in [0, 0.1) is 0 Å². The Hall–Kier alpha value is -2.93. The van der Waals surface area contributed by atoms with Gasteiger partial charge in [0.15, 0.2) is 0 Å². The molecule has 10 nitrogen and oxygen atoms in total. The summed E-state index contributed by atoms with van der Waals surface area (Å²) in [6.07, 6.45) is 1.58. The van der Waals surface area contributed by atoms with Crippen molar-refractivity contribution >= 4 is 54.8 Å². The SMILES string of the molecule is CNS(=O)(=O)c1ccccc1Nc1nc(Nc2ccc(N3CCOCC3)cc2OC)ncc1Br. The molecule has 0 radical (unpaired) electrons. The molecule has 0 unspecified atom stereocenters. The second kappa shape index (κ2) is 10.6. The highest BCUT2D eigenvalue weighted by Crippen LogP contribution is 2.33. The minimum atomic E-state index is -3.66. The standard InChI is InChI=1S/C22H25BrN6O4S/c1-24-34(30,31)20-6-4-3-5-18(20)26-21-16(23)14-25-22(28-21)27-17-8-7-15(13-19(17)32-2)29-9-11-33-12-10-29/h3-8,13-14,24H,9-12H2,1-2H3,(H2,25,26,27,28). The van der Waals surface area contributed by atoms with Gasteiger partial charge in [0.2, 0.25) is 16.0 Å². The van der Waals surface area contributed by atoms with Gasteiger partial charge in [0.25, 0.3) is 0 Å². The molecule has 2 heterocycles. The number of nitrogens with zero attached hydrogens (tertiary/aromatic N) is 3. The van der Waals surface area contributed by atoms with Crippen molar-refractivity contribution in [2.24, 2.45) is 0 Å². The molecule has 0 saturated carbocycles. The van der Waals surface area contributed by atoms with E-state index >= 15 is 0 Å². The lowest BCUT2D eigenvalue weighted by Gasteiger charge is -2.29. The lowest BCUT2D eigenvalue weighted by atomic mass is 10.2. The third kappa shape index (κ3) is 5.41. The van der Waals surface area contributed by atoms with E-state index in [0.717, 1.165) is 18.8 Å². The summed E-state index contributed by atoms with van der Waals surface area (Å²) in [6, 6.07) is 12.5. The Morgan fingerprint density at radius 1 is 1.09 bits per heavy atom. The molecular weight excluding hydrogens is 524 g/mol. The minimum Gasteiger partial charge on any atom is -0.494 e. The largest absolute Gasteiger partial charge is 0.494 e. The smallest absolute Gasteiger partial charge is 0.242 e. The average Bonchev–Trinajstić information content (AvgIpc) is 2.87. The highest BCUT2D eigenvalue weighted by Gasteiger charge is 2.18. The van der Waals surface area contributed by atoms with Gasteiger partial charge < -0.3 is 25.0 Å². The van der Waals surface area contributed by atoms with E-state index in [4.69, 9.17) is 9.47 Å². The van der Waals surface area contributed by atoms with Crippen LogP contribution < -0.4 is 25.0 Å². The van der Waals surface area contributed by atoms with Crippen molar-refractivity contribution in [2.45, 2.75) is 4.90 Å². The second-order valence-electron chi connectivity index (χ2n) is 7.33. The lowest BCUT2D eigenvalue weighted by Crippen LogP contribution is -2.36. The Labute approximate surface area is 206 Å². The Balaban J connectivity index is 1.59. The van der Waals surface area contributed by atoms with Crippen LogP contribution in [0.25, 0.3) is 0 Å². The monoisotopic (exact) mass is 548 g/mol. The fourth-order valence-corrected chi connectivity index (χ4v) is 4.66. The molecule has 4 rings (SSSR count). The lowest BCUT2D eigenvalue weighted by molar-refractivity contribution is 0.122. The maximum absolute atomic E-state index is 12.4. The fraction of sp³-hybridized carbons (Fsp3) is 0.273. The van der Waals surface area contributed by atoms with Gasteiger partial charge in [-0.2, -0.15) is 4.98 Å². The van der Waals surface area contributed by atoms with Gasteiger partial charge in [-0.15, -0.1) is 0 Å². The summed E-state index contributed by atoms with van der Waals surface area (Å²) < 4.78 is 38.7. The quantitative estimate of drug-likeness (QED) is 0.388. The van der Waals surface area contributed by atoms with Crippen LogP contribution in [0.3, 0.4) is 0 Å². The molecule has 1 aromatic heterocycles. The van der Waals surface area contributed by atoms with Crippen molar-refractivity contribution in [2.75, 3.05) is 56.0 Å². The summed E-state index contributed by atoms with van der Waals surface area (Å²) in [4.78, 5) is 11.2. The van der Waals surface area contributed by atoms with E-state index in [2.05, 4.69) is 46.2 Å². The number of rotatable bonds is 8. The highest BCUT2D eigenvalue weighted by atomic mass is 79.9. The summed E-state index contributed by atoms with van der Waals surface area (Å²) in [6.45, 7) is 3.05. The molecule has 0 bridgehead atoms. The predicted octanol–water partition coefficient (Wildman–Crippen LogP) is 3.48. The molecular formula is C22H25BrN6O4S. The number of hydrogen-bond acceptors (Lipinski definition) is 9. The average molecular weight is 549 g/mol. The number of aromatic nitrogens is 2. The molecule has 2 aromatic carbocycles. The van der Waals surface area contributed by atoms with E-state index in [9.17, 15) is 8.42 Å². The van der Waals surface area contributed by atoms with Crippen LogP contribution in [0.5, 0.6) is 5.75 Å². The number of anilines is 5. The number of sulfonamides is 1. The van der Waals surface area contributed by atoms with E-state index in [1.807, 2.05) is 18.2 Å². The molecule has 180 valence electrons. The van der Waals surface area contributed by atoms with Crippen LogP contribution in [0.1, 0.15) is 0 Å². The number of halogens is 1. The van der Waals surface area contributed by atoms with Crippen LogP contribution >= 0.6 is 15.9 Å². The van der Waals surface area contributed by atoms with Crippen molar-refractivity contribution in [3.63, 3.8) is 0 Å². The first-order valence-electron chi connectivity index (χ1n) is 10.5. The van der Waals surface area contributed by atoms with Gasteiger partial charge in [0.1, 0.15) is 16.5 Å². The van der Waals surface area contributed by atoms with Gasteiger partial charge in [0, 0.05) is 31.0 Å². The molecule has 0 aliphatic carbocycles. The summed E-state index contributed by atoms with van der Waals surface area (Å²) in [5.74, 6) is 1.37. The molecule has 0 atom stereocenters. The molecule has 1 aliphatic rings. The maximum atomic E-state index is 12.4. The zero-order valence-corrected chi connectivity index (χ0v) is 21.1. The molecule has 1 saturated heterocycles. The second-order valence-corrected chi connectivity index (χ2v) is 10.0. The maximum Gasteiger partial charge on any atom is 0.242 e. The van der Waals surface area contributed by atoms with E-state index in [1.165, 1.54) is 13.1 Å². The summed E-state index contributed by atoms with van der Waals surface area (Å²) in [5.41, 5.74) is 2.13. The Kier molecular flexibility index (Phi) is 7.51. The van der Waals surface area contributed by atoms with E-state index in [1.54, 1.807) is 31.5 Å². The van der Waals surface area contributed by atoms with Crippen molar-refractivity contribution in [3.8, 4) is 5.75 Å². The molecule has 3 N–H and O–H groups in total. The fourth-order valence-electron chi connectivity index (χ4n) is 3.48. The van der Waals surface area contributed by atoms with Crippen LogP contribution in [-0.4, -0.2) is 58.8 Å². The Bertz CT molecular complexity index is 1270. The number of para-hydroxylation sites is 1. The number of nitrogens with one attached hydrogen (secondary N) is 3. The summed E-state index contributed by atoms with van der Waals surface area (Å²) in [7, 11) is -0.681. The van der Waals surface area contributed by atoms with Gasteiger partial charge >= 0.3 is 0 Å². The number of ether oxygens (including phenoxy) is 2. The molecule has 1 aliphatic heterocycles. The first-order valence-corrected chi connectivity index (χ1v) is 12.8. The topological polar surface area (TPSA) is 118 Å². The molecule has 12 heteroatoms. The van der Waals surface area contributed by atoms with Crippen LogP contribution in [0.2, 0.25) is 0 Å². The van der Waals surface area contributed by atoms with E-state index < -0.39 is 10.0 Å². The van der Waals surface area contributed by atoms with Gasteiger partial charge in [-0.25, -0.2) is 18.1 Å². The predicted molar refractivity (Wildman–Crippen MR) is 135 cm³/mol. The third-order valence-corrected chi connectivity index (χ3v) is 7.30. The third-order valence-electron chi connectivity index (χ3n) is 5.25. The number of morpholine rings is 1.